The predicted octanol–water partition coefficient (Wildman–Crippen LogP) is -0.574. The van der Waals surface area contributed by atoms with Gasteiger partial charge in [-0.1, -0.05) is 0 Å². The Balaban J connectivity index is 0.00000408. The number of aromatic amines is 1. The molecular formula is C20H25CaN7O6. The zero-order valence-electron chi connectivity index (χ0n) is 18.5. The van der Waals surface area contributed by atoms with Gasteiger partial charge in [0.25, 0.3) is 11.5 Å². The minimum absolute atomic E-state index is 0. The van der Waals surface area contributed by atoms with E-state index in [0.717, 1.165) is 5.69 Å². The van der Waals surface area contributed by atoms with Crippen molar-refractivity contribution in [2.24, 2.45) is 0 Å². The summed E-state index contributed by atoms with van der Waals surface area (Å²) in [5, 5.41) is 21.0. The normalized spacial score (nSPS) is 14.8. The smallest absolute Gasteiger partial charge is 0.326 e. The average Bonchev–Trinajstić information content (AvgIpc) is 2.80. The fraction of sp³-hybridized carbons (Fsp3) is 0.350. The Morgan fingerprint density at radius 2 is 2.00 bits per heavy atom. The Kier molecular flexibility index (Phi) is 9.96. The molecule has 14 heteroatoms. The summed E-state index contributed by atoms with van der Waals surface area (Å²) in [7, 11) is 1.21. The van der Waals surface area contributed by atoms with E-state index in [9.17, 15) is 24.3 Å². The molecule has 2 heterocycles. The van der Waals surface area contributed by atoms with Crippen LogP contribution in [0.1, 0.15) is 23.2 Å². The third kappa shape index (κ3) is 7.23. The number of rotatable bonds is 9. The Labute approximate surface area is 224 Å². The quantitative estimate of drug-likeness (QED) is 0.172. The van der Waals surface area contributed by atoms with Gasteiger partial charge in [-0.2, -0.15) is 4.98 Å². The van der Waals surface area contributed by atoms with Gasteiger partial charge >= 0.3 is 11.9 Å². The number of methoxy groups -OCH3 is 1. The van der Waals surface area contributed by atoms with Crippen molar-refractivity contribution in [1.29, 1.82) is 0 Å². The van der Waals surface area contributed by atoms with Crippen LogP contribution in [0.25, 0.3) is 0 Å². The Bertz CT molecular complexity index is 1090. The Morgan fingerprint density at radius 3 is 2.65 bits per heavy atom. The summed E-state index contributed by atoms with van der Waals surface area (Å²) < 4.78 is 4.49. The molecule has 0 saturated carbocycles. The van der Waals surface area contributed by atoms with Crippen LogP contribution >= 0.6 is 0 Å². The maximum Gasteiger partial charge on any atom is 0.326 e. The van der Waals surface area contributed by atoms with Gasteiger partial charge in [-0.05, 0) is 30.7 Å². The molecule has 1 aliphatic rings. The van der Waals surface area contributed by atoms with Crippen LogP contribution in [0.3, 0.4) is 0 Å². The molecule has 2 radical (unpaired) electrons. The predicted molar refractivity (Wildman–Crippen MR) is 126 cm³/mol. The molecule has 0 aliphatic carbocycles. The SMILES string of the molecule is COC(=O)CC[C@H](NC(=O)c1ccc(NCC2CNc3nc(N)[nH]c(=O)c3N2)cc1)C(=O)O.[Ca]. The fourth-order valence-electron chi connectivity index (χ4n) is 3.19. The molecule has 0 spiro atoms. The third-order valence-electron chi connectivity index (χ3n) is 4.97. The van der Waals surface area contributed by atoms with E-state index in [-0.39, 0.29) is 73.7 Å². The second-order valence-electron chi connectivity index (χ2n) is 7.33. The average molecular weight is 500 g/mol. The van der Waals surface area contributed by atoms with E-state index in [2.05, 4.69) is 36.0 Å². The number of amides is 1. The number of carboxylic acid groups (broad SMARTS) is 1. The number of H-pyrrole nitrogens is 1. The van der Waals surface area contributed by atoms with Crippen LogP contribution in [-0.4, -0.2) is 103 Å². The molecular weight excluding hydrogens is 474 g/mol. The summed E-state index contributed by atoms with van der Waals surface area (Å²) in [6.07, 6.45) is -0.204. The molecule has 178 valence electrons. The van der Waals surface area contributed by atoms with Gasteiger partial charge in [0.15, 0.2) is 5.82 Å². The molecule has 0 saturated heterocycles. The minimum Gasteiger partial charge on any atom is -0.480 e. The van der Waals surface area contributed by atoms with Gasteiger partial charge in [0.1, 0.15) is 11.7 Å². The molecule has 8 N–H and O–H groups in total. The second kappa shape index (κ2) is 12.4. The van der Waals surface area contributed by atoms with E-state index in [4.69, 9.17) is 5.73 Å². The molecule has 1 unspecified atom stereocenters. The van der Waals surface area contributed by atoms with Crippen molar-refractivity contribution < 1.29 is 24.2 Å². The van der Waals surface area contributed by atoms with Gasteiger partial charge in [0.05, 0.1) is 13.2 Å². The summed E-state index contributed by atoms with van der Waals surface area (Å²) in [6, 6.07) is 5.14. The molecule has 1 aromatic carbocycles. The van der Waals surface area contributed by atoms with Crippen molar-refractivity contribution >= 4 is 78.7 Å². The van der Waals surface area contributed by atoms with Crippen molar-refractivity contribution in [2.45, 2.75) is 24.9 Å². The number of fused-ring (bicyclic) bond motifs is 1. The minimum atomic E-state index is -1.24. The van der Waals surface area contributed by atoms with Gasteiger partial charge in [-0.25, -0.2) is 4.79 Å². The first-order valence-electron chi connectivity index (χ1n) is 10.1. The van der Waals surface area contributed by atoms with E-state index >= 15 is 0 Å². The van der Waals surface area contributed by atoms with Crippen molar-refractivity contribution in [1.82, 2.24) is 15.3 Å². The van der Waals surface area contributed by atoms with Gasteiger partial charge in [0.2, 0.25) is 5.95 Å². The maximum absolute atomic E-state index is 12.4. The number of nitrogen functional groups attached to an aromatic ring is 1. The molecule has 13 nitrogen and oxygen atoms in total. The summed E-state index contributed by atoms with van der Waals surface area (Å²) in [5.74, 6) is -1.93. The van der Waals surface area contributed by atoms with Crippen molar-refractivity contribution in [3.8, 4) is 0 Å². The summed E-state index contributed by atoms with van der Waals surface area (Å²) >= 11 is 0. The third-order valence-corrected chi connectivity index (χ3v) is 4.97. The number of anilines is 4. The molecule has 0 bridgehead atoms. The number of hydrogen-bond acceptors (Lipinski definition) is 10. The fourth-order valence-corrected chi connectivity index (χ4v) is 3.19. The maximum atomic E-state index is 12.4. The monoisotopic (exact) mass is 499 g/mol. The molecule has 1 aliphatic heterocycles. The number of nitrogens with one attached hydrogen (secondary N) is 5. The van der Waals surface area contributed by atoms with Crippen molar-refractivity contribution in [3.05, 3.63) is 40.2 Å². The van der Waals surface area contributed by atoms with Gasteiger partial charge in [0, 0.05) is 68.5 Å². The van der Waals surface area contributed by atoms with Crippen LogP contribution < -0.4 is 32.6 Å². The number of carbonyl (C=O) groups excluding carboxylic acids is 2. The zero-order valence-corrected chi connectivity index (χ0v) is 20.7. The number of ether oxygens (including phenoxy) is 1. The number of aromatic nitrogens is 2. The molecule has 1 aromatic heterocycles. The summed E-state index contributed by atoms with van der Waals surface area (Å²) in [6.45, 7) is 0.981. The summed E-state index contributed by atoms with van der Waals surface area (Å²) in [4.78, 5) is 53.5. The number of aliphatic carboxylic acids is 1. The van der Waals surface area contributed by atoms with Crippen LogP contribution in [0.2, 0.25) is 0 Å². The Morgan fingerprint density at radius 1 is 1.29 bits per heavy atom. The molecule has 1 amide bonds. The van der Waals surface area contributed by atoms with Crippen molar-refractivity contribution in [3.63, 3.8) is 0 Å². The van der Waals surface area contributed by atoms with Crippen LogP contribution in [-0.2, 0) is 14.3 Å². The van der Waals surface area contributed by atoms with E-state index in [1.807, 2.05) is 0 Å². The second-order valence-corrected chi connectivity index (χ2v) is 7.33. The van der Waals surface area contributed by atoms with E-state index < -0.39 is 23.9 Å². The van der Waals surface area contributed by atoms with E-state index in [1.165, 1.54) is 7.11 Å². The molecule has 3 rings (SSSR count). The van der Waals surface area contributed by atoms with Gasteiger partial charge < -0.3 is 36.8 Å². The molecule has 0 fully saturated rings. The van der Waals surface area contributed by atoms with Gasteiger partial charge in [-0.3, -0.25) is 19.4 Å². The topological polar surface area (TPSA) is 201 Å². The van der Waals surface area contributed by atoms with Crippen LogP contribution in [0.15, 0.2) is 29.1 Å². The number of carbonyl (C=O) groups is 3. The first kappa shape index (κ1) is 27.2. The zero-order chi connectivity index (χ0) is 24.0. The number of nitrogens with two attached hydrogens (primary N) is 1. The standard InChI is InChI=1S/C20H25N7O6.Ca/c1-33-14(28)7-6-13(19(31)32)25-17(29)10-2-4-11(5-3-10)22-8-12-9-23-16-15(24-12)18(30)27-20(21)26-16;/h2-5,12-13,22,24H,6-9H2,1H3,(H,25,29)(H,31,32)(H4,21,23,26,27,30);/t12?,13-;/m0./s1. The van der Waals surface area contributed by atoms with Crippen LogP contribution in [0.4, 0.5) is 23.1 Å². The molecule has 2 atom stereocenters. The first-order chi connectivity index (χ1) is 15.8. The number of esters is 1. The van der Waals surface area contributed by atoms with Gasteiger partial charge in [-0.15, -0.1) is 0 Å². The van der Waals surface area contributed by atoms with Crippen LogP contribution in [0, 0.1) is 0 Å². The van der Waals surface area contributed by atoms with E-state index in [1.54, 1.807) is 24.3 Å². The number of carboxylic acids is 1. The number of hydrogen-bond donors (Lipinski definition) is 7. The Hall–Kier alpha value is -3.03. The van der Waals surface area contributed by atoms with Crippen molar-refractivity contribution in [2.75, 3.05) is 41.9 Å². The molecule has 2 aromatic rings. The summed E-state index contributed by atoms with van der Waals surface area (Å²) in [5.41, 5.74) is 6.48. The largest absolute Gasteiger partial charge is 0.480 e. The number of benzene rings is 1. The first-order valence-corrected chi connectivity index (χ1v) is 10.1. The van der Waals surface area contributed by atoms with E-state index in [0.29, 0.717) is 24.6 Å². The van der Waals surface area contributed by atoms with Crippen LogP contribution in [0.5, 0.6) is 0 Å². The molecule has 34 heavy (non-hydrogen) atoms. The number of nitrogens with zero attached hydrogens (tertiary/aromatic N) is 1.